The third-order valence-corrected chi connectivity index (χ3v) is 6.13. The Morgan fingerprint density at radius 1 is 1.26 bits per heavy atom. The van der Waals surface area contributed by atoms with Crippen LogP contribution in [-0.4, -0.2) is 31.6 Å². The van der Waals surface area contributed by atoms with Crippen LogP contribution in [0.15, 0.2) is 30.3 Å². The van der Waals surface area contributed by atoms with Crippen molar-refractivity contribution in [3.8, 4) is 11.5 Å². The van der Waals surface area contributed by atoms with E-state index in [2.05, 4.69) is 5.32 Å². The van der Waals surface area contributed by atoms with Gasteiger partial charge in [0.15, 0.2) is 11.5 Å². The number of amides is 2. The van der Waals surface area contributed by atoms with Gasteiger partial charge in [-0.3, -0.25) is 9.59 Å². The number of rotatable bonds is 4. The van der Waals surface area contributed by atoms with Crippen LogP contribution in [0.25, 0.3) is 0 Å². The van der Waals surface area contributed by atoms with Gasteiger partial charge in [-0.2, -0.15) is 0 Å². The van der Waals surface area contributed by atoms with Crippen LogP contribution in [0.4, 0.5) is 5.69 Å². The highest BCUT2D eigenvalue weighted by molar-refractivity contribution is 7.16. The Balaban J connectivity index is 1.43. The number of nitrogens with one attached hydrogen (secondary N) is 1. The minimum Gasteiger partial charge on any atom is -0.486 e. The van der Waals surface area contributed by atoms with E-state index >= 15 is 0 Å². The third kappa shape index (κ3) is 3.75. The van der Waals surface area contributed by atoms with Crippen molar-refractivity contribution in [2.24, 2.45) is 5.92 Å². The molecule has 6 nitrogen and oxygen atoms in total. The average molecular weight is 407 g/mol. The number of anilines is 1. The number of fused-ring (bicyclic) bond motifs is 1. The summed E-state index contributed by atoms with van der Waals surface area (Å²) in [7, 11) is 0. The van der Waals surface area contributed by atoms with Crippen LogP contribution >= 0.6 is 22.9 Å². The van der Waals surface area contributed by atoms with Crippen LogP contribution in [0, 0.1) is 5.92 Å². The van der Waals surface area contributed by atoms with Crippen molar-refractivity contribution in [2.45, 2.75) is 19.4 Å². The first-order chi connectivity index (χ1) is 13.0. The molecule has 2 unspecified atom stereocenters. The van der Waals surface area contributed by atoms with E-state index in [1.165, 1.54) is 11.3 Å². The number of carbonyl (C=O) groups excluding carboxylic acids is 2. The van der Waals surface area contributed by atoms with E-state index in [0.717, 1.165) is 10.6 Å². The Hall–Kier alpha value is -2.25. The van der Waals surface area contributed by atoms with Crippen molar-refractivity contribution in [2.75, 3.05) is 24.7 Å². The molecule has 142 valence electrons. The van der Waals surface area contributed by atoms with E-state index in [1.807, 2.05) is 25.1 Å². The average Bonchev–Trinajstić information content (AvgIpc) is 3.27. The van der Waals surface area contributed by atoms with Crippen LogP contribution < -0.4 is 19.7 Å². The van der Waals surface area contributed by atoms with E-state index in [1.54, 1.807) is 17.0 Å². The highest BCUT2D eigenvalue weighted by Crippen LogP contribution is 2.36. The first-order valence-corrected chi connectivity index (χ1v) is 9.96. The fourth-order valence-electron chi connectivity index (χ4n) is 3.30. The summed E-state index contributed by atoms with van der Waals surface area (Å²) >= 11 is 7.40. The molecule has 4 rings (SSSR count). The standard InChI is InChI=1S/C19H19ClN2O4S/c1-11(16-4-5-17(20)27-16)21-19(24)12-8-18(23)22(10-12)13-2-3-14-15(9-13)26-7-6-25-14/h2-5,9,11-12H,6-8,10H2,1H3,(H,21,24). The number of halogens is 1. The quantitative estimate of drug-likeness (QED) is 0.844. The first-order valence-electron chi connectivity index (χ1n) is 8.77. The van der Waals surface area contributed by atoms with Crippen LogP contribution in [0.2, 0.25) is 4.34 Å². The van der Waals surface area contributed by atoms with Gasteiger partial charge in [-0.05, 0) is 31.2 Å². The smallest absolute Gasteiger partial charge is 0.227 e. The van der Waals surface area contributed by atoms with Crippen molar-refractivity contribution in [3.05, 3.63) is 39.5 Å². The fraction of sp³-hybridized carbons (Fsp3) is 0.368. The molecule has 1 aromatic heterocycles. The number of carbonyl (C=O) groups is 2. The second-order valence-corrected chi connectivity index (χ2v) is 8.35. The molecule has 0 bridgehead atoms. The molecule has 27 heavy (non-hydrogen) atoms. The van der Waals surface area contributed by atoms with Crippen molar-refractivity contribution < 1.29 is 19.1 Å². The topological polar surface area (TPSA) is 67.9 Å². The number of nitrogens with zero attached hydrogens (tertiary/aromatic N) is 1. The predicted molar refractivity (Wildman–Crippen MR) is 104 cm³/mol. The Morgan fingerprint density at radius 2 is 2.04 bits per heavy atom. The van der Waals surface area contributed by atoms with Gasteiger partial charge >= 0.3 is 0 Å². The third-order valence-electron chi connectivity index (χ3n) is 4.71. The molecule has 0 spiro atoms. The monoisotopic (exact) mass is 406 g/mol. The van der Waals surface area contributed by atoms with Gasteiger partial charge in [0.05, 0.1) is 16.3 Å². The van der Waals surface area contributed by atoms with Gasteiger partial charge in [-0.1, -0.05) is 11.6 Å². The lowest BCUT2D eigenvalue weighted by atomic mass is 10.1. The molecule has 3 heterocycles. The lowest BCUT2D eigenvalue weighted by molar-refractivity contribution is -0.126. The van der Waals surface area contributed by atoms with E-state index in [4.69, 9.17) is 21.1 Å². The summed E-state index contributed by atoms with van der Waals surface area (Å²) in [5.41, 5.74) is 0.720. The zero-order chi connectivity index (χ0) is 19.0. The maximum absolute atomic E-state index is 12.6. The highest BCUT2D eigenvalue weighted by atomic mass is 35.5. The predicted octanol–water partition coefficient (Wildman–Crippen LogP) is 3.40. The fourth-order valence-corrected chi connectivity index (χ4v) is 4.36. The maximum Gasteiger partial charge on any atom is 0.227 e. The normalized spacial score (nSPS) is 19.9. The van der Waals surface area contributed by atoms with E-state index in [-0.39, 0.29) is 30.2 Å². The summed E-state index contributed by atoms with van der Waals surface area (Å²) in [4.78, 5) is 27.7. The van der Waals surface area contributed by atoms with Gasteiger partial charge in [0.1, 0.15) is 13.2 Å². The molecule has 2 amide bonds. The maximum atomic E-state index is 12.6. The summed E-state index contributed by atoms with van der Waals surface area (Å²) in [5.74, 6) is 0.722. The first kappa shape index (κ1) is 18.1. The van der Waals surface area contributed by atoms with Gasteiger partial charge in [-0.25, -0.2) is 0 Å². The number of thiophene rings is 1. The number of hydrogen-bond acceptors (Lipinski definition) is 5. The molecule has 2 atom stereocenters. The molecule has 8 heteroatoms. The zero-order valence-electron chi connectivity index (χ0n) is 14.7. The van der Waals surface area contributed by atoms with E-state index in [9.17, 15) is 9.59 Å². The minimum absolute atomic E-state index is 0.0707. The van der Waals surface area contributed by atoms with Crippen LogP contribution in [0.5, 0.6) is 11.5 Å². The summed E-state index contributed by atoms with van der Waals surface area (Å²) in [6, 6.07) is 8.98. The Kier molecular flexibility index (Phi) is 4.97. The molecule has 2 aliphatic rings. The van der Waals surface area contributed by atoms with Crippen molar-refractivity contribution in [3.63, 3.8) is 0 Å². The van der Waals surface area contributed by atoms with Gasteiger partial charge in [0.25, 0.3) is 0 Å². The molecule has 1 aromatic carbocycles. The van der Waals surface area contributed by atoms with E-state index in [0.29, 0.717) is 35.6 Å². The second kappa shape index (κ2) is 7.40. The van der Waals surface area contributed by atoms with Gasteiger partial charge in [0.2, 0.25) is 11.8 Å². The summed E-state index contributed by atoms with van der Waals surface area (Å²) < 4.78 is 11.8. The summed E-state index contributed by atoms with van der Waals surface area (Å²) in [6.07, 6.45) is 0.193. The summed E-state index contributed by atoms with van der Waals surface area (Å²) in [6.45, 7) is 3.27. The Labute approximate surface area is 166 Å². The molecule has 1 N–H and O–H groups in total. The zero-order valence-corrected chi connectivity index (χ0v) is 16.3. The van der Waals surface area contributed by atoms with Gasteiger partial charge in [-0.15, -0.1) is 11.3 Å². The number of benzene rings is 1. The molecule has 1 fully saturated rings. The lowest BCUT2D eigenvalue weighted by Crippen LogP contribution is -2.34. The van der Waals surface area contributed by atoms with Crippen molar-refractivity contribution >= 4 is 40.4 Å². The molecule has 0 aliphatic carbocycles. The highest BCUT2D eigenvalue weighted by Gasteiger charge is 2.36. The van der Waals surface area contributed by atoms with Gasteiger partial charge in [0, 0.05) is 29.6 Å². The molecule has 0 saturated carbocycles. The molecule has 0 radical (unpaired) electrons. The van der Waals surface area contributed by atoms with Crippen LogP contribution in [0.3, 0.4) is 0 Å². The van der Waals surface area contributed by atoms with Gasteiger partial charge < -0.3 is 19.7 Å². The second-order valence-electron chi connectivity index (χ2n) is 6.61. The van der Waals surface area contributed by atoms with E-state index < -0.39 is 0 Å². The molecular formula is C19H19ClN2O4S. The lowest BCUT2D eigenvalue weighted by Gasteiger charge is -2.22. The molecule has 2 aromatic rings. The minimum atomic E-state index is -0.386. The molecule has 2 aliphatic heterocycles. The number of hydrogen-bond donors (Lipinski definition) is 1. The van der Waals surface area contributed by atoms with Crippen molar-refractivity contribution in [1.29, 1.82) is 0 Å². The van der Waals surface area contributed by atoms with Crippen molar-refractivity contribution in [1.82, 2.24) is 5.32 Å². The molecule has 1 saturated heterocycles. The van der Waals surface area contributed by atoms with Crippen LogP contribution in [-0.2, 0) is 9.59 Å². The Morgan fingerprint density at radius 3 is 2.78 bits per heavy atom. The SMILES string of the molecule is CC(NC(=O)C1CC(=O)N(c2ccc3c(c2)OCCO3)C1)c1ccc(Cl)s1. The summed E-state index contributed by atoms with van der Waals surface area (Å²) in [5, 5.41) is 2.98. The largest absolute Gasteiger partial charge is 0.486 e. The number of ether oxygens (including phenoxy) is 2. The van der Waals surface area contributed by atoms with Crippen LogP contribution in [0.1, 0.15) is 24.3 Å². The molecular weight excluding hydrogens is 388 g/mol. The Bertz CT molecular complexity index is 884.